The zero-order chi connectivity index (χ0) is 40.2. The summed E-state index contributed by atoms with van der Waals surface area (Å²) in [7, 11) is -5.14. The van der Waals surface area contributed by atoms with Crippen molar-refractivity contribution in [3.05, 3.63) is 36.5 Å². The predicted molar refractivity (Wildman–Crippen MR) is 210 cm³/mol. The molecule has 0 spiro atoms. The van der Waals surface area contributed by atoms with E-state index in [1.165, 1.54) is 70.3 Å². The van der Waals surface area contributed by atoms with Crippen molar-refractivity contribution in [1.82, 2.24) is 5.32 Å². The maximum atomic E-state index is 12.9. The molecule has 0 heterocycles. The van der Waals surface area contributed by atoms with Crippen LogP contribution in [0.3, 0.4) is 0 Å². The van der Waals surface area contributed by atoms with E-state index in [2.05, 4.69) is 37.4 Å². The summed E-state index contributed by atoms with van der Waals surface area (Å²) in [6.07, 6.45) is 18.3. The summed E-state index contributed by atoms with van der Waals surface area (Å²) < 4.78 is 22.7. The lowest BCUT2D eigenvalue weighted by Gasteiger charge is -2.41. The van der Waals surface area contributed by atoms with Crippen molar-refractivity contribution < 1.29 is 59.0 Å². The molecule has 0 saturated heterocycles. The molecular weight excluding hydrogens is 717 g/mol. The SMILES string of the molecule is CCCCCCC/C=C/CC/C=C/CC/C=C/C(O)C(COP(=O)(O)OC1C(O)C(O)C(O)C(O)C1O)NC(=O)CC(O)CCCCCCCCCCC. The number of phosphoric ester groups is 1. The number of hydrogen-bond donors (Lipinski definition) is 9. The molecule has 1 aliphatic rings. The first-order chi connectivity index (χ1) is 25.8. The molecule has 0 radical (unpaired) electrons. The maximum absolute atomic E-state index is 12.9. The lowest BCUT2D eigenvalue weighted by molar-refractivity contribution is -0.220. The van der Waals surface area contributed by atoms with Crippen LogP contribution in [0, 0.1) is 0 Å². The van der Waals surface area contributed by atoms with Crippen LogP contribution in [0.2, 0.25) is 0 Å². The summed E-state index contributed by atoms with van der Waals surface area (Å²) in [4.78, 5) is 23.3. The van der Waals surface area contributed by atoms with Crippen molar-refractivity contribution in [3.8, 4) is 0 Å². The van der Waals surface area contributed by atoms with Crippen LogP contribution in [0.15, 0.2) is 36.5 Å². The molecule has 8 atom stereocenters. The van der Waals surface area contributed by atoms with E-state index in [0.717, 1.165) is 44.9 Å². The Morgan fingerprint density at radius 2 is 1.09 bits per heavy atom. The van der Waals surface area contributed by atoms with Crippen molar-refractivity contribution >= 4 is 13.7 Å². The highest BCUT2D eigenvalue weighted by atomic mass is 31.2. The number of aliphatic hydroxyl groups is 7. The molecule has 1 fully saturated rings. The zero-order valence-corrected chi connectivity index (χ0v) is 33.8. The van der Waals surface area contributed by atoms with E-state index in [1.807, 2.05) is 6.08 Å². The Morgan fingerprint density at radius 1 is 0.648 bits per heavy atom. The van der Waals surface area contributed by atoms with Gasteiger partial charge in [0.1, 0.15) is 36.6 Å². The molecule has 1 amide bonds. The van der Waals surface area contributed by atoms with Crippen LogP contribution < -0.4 is 5.32 Å². The smallest absolute Gasteiger partial charge is 0.393 e. The van der Waals surface area contributed by atoms with Crippen LogP contribution in [0.25, 0.3) is 0 Å². The summed E-state index contributed by atoms with van der Waals surface area (Å²) in [5, 5.41) is 74.0. The highest BCUT2D eigenvalue weighted by molar-refractivity contribution is 7.47. The summed E-state index contributed by atoms with van der Waals surface area (Å²) in [5.41, 5.74) is 0. The summed E-state index contributed by atoms with van der Waals surface area (Å²) >= 11 is 0. The predicted octanol–water partition coefficient (Wildman–Crippen LogP) is 5.41. The third-order valence-electron chi connectivity index (χ3n) is 9.71. The average Bonchev–Trinajstić information content (AvgIpc) is 3.14. The molecule has 13 nitrogen and oxygen atoms in total. The number of phosphoric acid groups is 1. The van der Waals surface area contributed by atoms with Crippen molar-refractivity contribution in [2.24, 2.45) is 0 Å². The van der Waals surface area contributed by atoms with E-state index in [9.17, 15) is 50.0 Å². The first-order valence-electron chi connectivity index (χ1n) is 20.5. The first-order valence-corrected chi connectivity index (χ1v) is 22.0. The van der Waals surface area contributed by atoms with Gasteiger partial charge in [-0.05, 0) is 44.9 Å². The summed E-state index contributed by atoms with van der Waals surface area (Å²) in [6, 6.07) is -1.26. The van der Waals surface area contributed by atoms with E-state index in [-0.39, 0.29) is 6.42 Å². The second-order valence-electron chi connectivity index (χ2n) is 14.7. The van der Waals surface area contributed by atoms with Gasteiger partial charge in [0.2, 0.25) is 5.91 Å². The van der Waals surface area contributed by atoms with Gasteiger partial charge < -0.3 is 46.0 Å². The number of carbonyl (C=O) groups is 1. The maximum Gasteiger partial charge on any atom is 0.472 e. The molecule has 1 saturated carbocycles. The quantitative estimate of drug-likeness (QED) is 0.0237. The van der Waals surface area contributed by atoms with Crippen molar-refractivity contribution in [3.63, 3.8) is 0 Å². The van der Waals surface area contributed by atoms with E-state index < -0.39 is 75.2 Å². The zero-order valence-electron chi connectivity index (χ0n) is 32.9. The number of hydrogen-bond acceptors (Lipinski definition) is 11. The molecule has 1 rings (SSSR count). The second-order valence-corrected chi connectivity index (χ2v) is 16.1. The Kier molecular flexibility index (Phi) is 28.7. The molecule has 316 valence electrons. The van der Waals surface area contributed by atoms with Gasteiger partial charge in [-0.3, -0.25) is 13.8 Å². The van der Waals surface area contributed by atoms with Gasteiger partial charge in [0.15, 0.2) is 0 Å². The summed E-state index contributed by atoms with van der Waals surface area (Å²) in [5.74, 6) is -0.611. The topological polar surface area (TPSA) is 226 Å². The van der Waals surface area contributed by atoms with E-state index >= 15 is 0 Å². The molecular formula is C40H74NO12P. The van der Waals surface area contributed by atoms with Gasteiger partial charge in [0.25, 0.3) is 0 Å². The molecule has 0 aliphatic heterocycles. The largest absolute Gasteiger partial charge is 0.472 e. The normalized spacial score (nSPS) is 25.0. The highest BCUT2D eigenvalue weighted by Gasteiger charge is 2.51. The molecule has 0 aromatic carbocycles. The van der Waals surface area contributed by atoms with Gasteiger partial charge in [0.05, 0.1) is 31.3 Å². The molecule has 8 unspecified atom stereocenters. The van der Waals surface area contributed by atoms with Gasteiger partial charge in [-0.2, -0.15) is 0 Å². The average molecular weight is 792 g/mol. The van der Waals surface area contributed by atoms with Gasteiger partial charge in [-0.25, -0.2) is 4.57 Å². The Labute approximate surface area is 324 Å². The van der Waals surface area contributed by atoms with Crippen molar-refractivity contribution in [2.45, 2.75) is 204 Å². The molecule has 0 bridgehead atoms. The Bertz CT molecular complexity index is 1080. The van der Waals surface area contributed by atoms with Crippen LogP contribution in [-0.2, 0) is 18.4 Å². The van der Waals surface area contributed by atoms with Crippen LogP contribution in [0.5, 0.6) is 0 Å². The number of nitrogens with one attached hydrogen (secondary N) is 1. The molecule has 54 heavy (non-hydrogen) atoms. The number of unbranched alkanes of at least 4 members (excludes halogenated alkanes) is 15. The van der Waals surface area contributed by atoms with E-state index in [4.69, 9.17) is 9.05 Å². The van der Waals surface area contributed by atoms with Gasteiger partial charge in [0, 0.05) is 0 Å². The Morgan fingerprint density at radius 3 is 1.63 bits per heavy atom. The lowest BCUT2D eigenvalue weighted by Crippen LogP contribution is -2.64. The van der Waals surface area contributed by atoms with Crippen molar-refractivity contribution in [2.75, 3.05) is 6.61 Å². The fourth-order valence-electron chi connectivity index (χ4n) is 6.27. The lowest BCUT2D eigenvalue weighted by atomic mass is 9.85. The first kappa shape index (κ1) is 50.5. The highest BCUT2D eigenvalue weighted by Crippen LogP contribution is 2.47. The molecule has 0 aromatic rings. The third-order valence-corrected chi connectivity index (χ3v) is 10.7. The van der Waals surface area contributed by atoms with Crippen LogP contribution in [0.1, 0.15) is 149 Å². The number of carbonyl (C=O) groups excluding carboxylic acids is 1. The second kappa shape index (κ2) is 30.6. The Balaban J connectivity index is 2.68. The van der Waals surface area contributed by atoms with Gasteiger partial charge in [-0.15, -0.1) is 0 Å². The third kappa shape index (κ3) is 22.9. The number of rotatable bonds is 32. The van der Waals surface area contributed by atoms with E-state index in [1.54, 1.807) is 6.08 Å². The number of allylic oxidation sites excluding steroid dienone is 5. The monoisotopic (exact) mass is 791 g/mol. The minimum atomic E-state index is -5.14. The van der Waals surface area contributed by atoms with Gasteiger partial charge in [-0.1, -0.05) is 134 Å². The fourth-order valence-corrected chi connectivity index (χ4v) is 7.24. The van der Waals surface area contributed by atoms with Crippen LogP contribution in [0.4, 0.5) is 0 Å². The molecule has 14 heteroatoms. The minimum Gasteiger partial charge on any atom is -0.393 e. The standard InChI is InChI=1S/C40H74NO12P/c1-3-5-7-9-11-13-14-15-16-17-18-20-22-24-26-28-33(43)32(41-34(44)29-31(42)27-25-23-21-19-12-10-8-6-4-2)30-52-54(50,51)53-40-38(48)36(46)35(45)37(47)39(40)49/h14-15,18,20,26,28,31-33,35-40,42-43,45-49H,3-13,16-17,19,21-25,27,29-30H2,1-2H3,(H,41,44)(H,50,51)/b15-14+,20-18+,28-26+. The molecule has 9 N–H and O–H groups in total. The van der Waals surface area contributed by atoms with Crippen molar-refractivity contribution in [1.29, 1.82) is 0 Å². The van der Waals surface area contributed by atoms with Crippen LogP contribution >= 0.6 is 7.82 Å². The number of amides is 1. The summed E-state index contributed by atoms with van der Waals surface area (Å²) in [6.45, 7) is 3.65. The molecule has 1 aliphatic carbocycles. The van der Waals surface area contributed by atoms with Crippen LogP contribution in [-0.4, -0.2) is 108 Å². The molecule has 0 aromatic heterocycles. The van der Waals surface area contributed by atoms with E-state index in [0.29, 0.717) is 19.3 Å². The Hall–Kier alpha value is -1.48. The van der Waals surface area contributed by atoms with Gasteiger partial charge >= 0.3 is 7.82 Å². The fraction of sp³-hybridized carbons (Fsp3) is 0.825. The minimum absolute atomic E-state index is 0.255. The number of aliphatic hydroxyl groups excluding tert-OH is 7.